The third-order valence-corrected chi connectivity index (χ3v) is 1.84. The second-order valence-corrected chi connectivity index (χ2v) is 3.19. The molecule has 4 N–H and O–H groups in total. The molecule has 2 unspecified atom stereocenters. The zero-order valence-electron chi connectivity index (χ0n) is 8.38. The second-order valence-electron chi connectivity index (χ2n) is 3.19. The second kappa shape index (κ2) is 5.92. The van der Waals surface area contributed by atoms with Crippen LogP contribution in [-0.2, 0) is 9.53 Å². The van der Waals surface area contributed by atoms with Crippen molar-refractivity contribution in [1.29, 1.82) is 0 Å². The first-order valence-electron chi connectivity index (χ1n) is 4.56. The van der Waals surface area contributed by atoms with Crippen molar-refractivity contribution in [3.8, 4) is 0 Å². The number of alkyl halides is 3. The standard InChI is InChI=1S/C8H15F3N2O2/c1-2-5(12)3-4-6(13)15-7(14)8(9,10)11/h5-6H,2-4,12-13H2,1H3. The Morgan fingerprint density at radius 1 is 1.33 bits per heavy atom. The fraction of sp³-hybridized carbons (Fsp3) is 0.875. The lowest BCUT2D eigenvalue weighted by Gasteiger charge is -2.16. The number of hydrogen-bond donors (Lipinski definition) is 2. The first kappa shape index (κ1) is 14.2. The summed E-state index contributed by atoms with van der Waals surface area (Å²) in [4.78, 5) is 10.3. The number of halogens is 3. The van der Waals surface area contributed by atoms with E-state index in [2.05, 4.69) is 4.74 Å². The van der Waals surface area contributed by atoms with Gasteiger partial charge in [0.2, 0.25) is 0 Å². The highest BCUT2D eigenvalue weighted by molar-refractivity contribution is 5.75. The molecule has 0 aliphatic carbocycles. The zero-order valence-corrected chi connectivity index (χ0v) is 8.38. The van der Waals surface area contributed by atoms with Gasteiger partial charge in [0, 0.05) is 6.04 Å². The molecule has 0 heterocycles. The van der Waals surface area contributed by atoms with Gasteiger partial charge >= 0.3 is 12.1 Å². The predicted molar refractivity (Wildman–Crippen MR) is 47.6 cm³/mol. The first-order chi connectivity index (χ1) is 6.77. The molecule has 0 radical (unpaired) electrons. The number of carbonyl (C=O) groups is 1. The van der Waals surface area contributed by atoms with Crippen LogP contribution in [-0.4, -0.2) is 24.4 Å². The zero-order chi connectivity index (χ0) is 12.1. The van der Waals surface area contributed by atoms with Crippen LogP contribution >= 0.6 is 0 Å². The van der Waals surface area contributed by atoms with Gasteiger partial charge in [0.25, 0.3) is 0 Å². The molecule has 0 amide bonds. The van der Waals surface area contributed by atoms with Crippen LogP contribution in [0.3, 0.4) is 0 Å². The molecule has 90 valence electrons. The van der Waals surface area contributed by atoms with E-state index in [0.29, 0.717) is 12.8 Å². The van der Waals surface area contributed by atoms with Gasteiger partial charge in [-0.05, 0) is 19.3 Å². The predicted octanol–water partition coefficient (Wildman–Crippen LogP) is 0.894. The number of nitrogens with two attached hydrogens (primary N) is 2. The van der Waals surface area contributed by atoms with Gasteiger partial charge in [-0.15, -0.1) is 0 Å². The number of hydrogen-bond acceptors (Lipinski definition) is 4. The van der Waals surface area contributed by atoms with Crippen LogP contribution in [0, 0.1) is 0 Å². The largest absolute Gasteiger partial charge is 0.490 e. The van der Waals surface area contributed by atoms with E-state index in [1.165, 1.54) is 0 Å². The third kappa shape index (κ3) is 6.29. The van der Waals surface area contributed by atoms with Gasteiger partial charge < -0.3 is 10.5 Å². The highest BCUT2D eigenvalue weighted by atomic mass is 19.4. The summed E-state index contributed by atoms with van der Waals surface area (Å²) in [6.07, 6.45) is -5.01. The molecule has 0 aromatic heterocycles. The molecule has 0 rings (SSSR count). The fourth-order valence-corrected chi connectivity index (χ4v) is 0.846. The SMILES string of the molecule is CCC(N)CCC(N)OC(=O)C(F)(F)F. The summed E-state index contributed by atoms with van der Waals surface area (Å²) in [5, 5.41) is 0. The highest BCUT2D eigenvalue weighted by Crippen LogP contribution is 2.17. The number of rotatable bonds is 5. The molecule has 0 aliphatic rings. The molecule has 7 heteroatoms. The van der Waals surface area contributed by atoms with Gasteiger partial charge in [-0.3, -0.25) is 5.73 Å². The Morgan fingerprint density at radius 2 is 1.87 bits per heavy atom. The average Bonchev–Trinajstić information content (AvgIpc) is 2.12. The first-order valence-corrected chi connectivity index (χ1v) is 4.56. The maximum atomic E-state index is 11.7. The van der Waals surface area contributed by atoms with Crippen LogP contribution < -0.4 is 11.5 Å². The van der Waals surface area contributed by atoms with Crippen molar-refractivity contribution < 1.29 is 22.7 Å². The van der Waals surface area contributed by atoms with E-state index < -0.39 is 18.4 Å². The summed E-state index contributed by atoms with van der Waals surface area (Å²) >= 11 is 0. The molecule has 0 aromatic carbocycles. The lowest BCUT2D eigenvalue weighted by molar-refractivity contribution is -0.205. The fourth-order valence-electron chi connectivity index (χ4n) is 0.846. The minimum Gasteiger partial charge on any atom is -0.440 e. The third-order valence-electron chi connectivity index (χ3n) is 1.84. The average molecular weight is 228 g/mol. The Labute approximate surface area is 85.7 Å². The van der Waals surface area contributed by atoms with Crippen molar-refractivity contribution in [3.05, 3.63) is 0 Å². The Kier molecular flexibility index (Phi) is 5.59. The molecule has 0 spiro atoms. The van der Waals surface area contributed by atoms with E-state index in [1.807, 2.05) is 6.92 Å². The molecule has 2 atom stereocenters. The summed E-state index contributed by atoms with van der Waals surface area (Å²) in [6, 6.07) is -0.138. The Hall–Kier alpha value is -0.820. The topological polar surface area (TPSA) is 78.3 Å². The monoisotopic (exact) mass is 228 g/mol. The molecule has 0 aromatic rings. The van der Waals surface area contributed by atoms with Crippen LogP contribution in [0.1, 0.15) is 26.2 Å². The number of ether oxygens (including phenoxy) is 1. The van der Waals surface area contributed by atoms with Gasteiger partial charge in [-0.1, -0.05) is 6.92 Å². The van der Waals surface area contributed by atoms with Crippen LogP contribution in [0.5, 0.6) is 0 Å². The lowest BCUT2D eigenvalue weighted by Crippen LogP contribution is -2.35. The maximum Gasteiger partial charge on any atom is 0.490 e. The summed E-state index contributed by atoms with van der Waals surface area (Å²) < 4.78 is 39.1. The molecular formula is C8H15F3N2O2. The van der Waals surface area contributed by atoms with E-state index in [4.69, 9.17) is 11.5 Å². The van der Waals surface area contributed by atoms with Gasteiger partial charge in [-0.25, -0.2) is 4.79 Å². The molecule has 15 heavy (non-hydrogen) atoms. The summed E-state index contributed by atoms with van der Waals surface area (Å²) in [7, 11) is 0. The van der Waals surface area contributed by atoms with Crippen molar-refractivity contribution in [2.45, 2.75) is 44.6 Å². The molecule has 0 aliphatic heterocycles. The van der Waals surface area contributed by atoms with Crippen LogP contribution in [0.25, 0.3) is 0 Å². The molecule has 0 saturated carbocycles. The van der Waals surface area contributed by atoms with Crippen molar-refractivity contribution in [1.82, 2.24) is 0 Å². The van der Waals surface area contributed by atoms with Gasteiger partial charge in [0.15, 0.2) is 6.23 Å². The Bertz CT molecular complexity index is 209. The van der Waals surface area contributed by atoms with Gasteiger partial charge in [-0.2, -0.15) is 13.2 Å². The van der Waals surface area contributed by atoms with Crippen molar-refractivity contribution >= 4 is 5.97 Å². The van der Waals surface area contributed by atoms with Crippen LogP contribution in [0.4, 0.5) is 13.2 Å². The smallest absolute Gasteiger partial charge is 0.440 e. The molecule has 4 nitrogen and oxygen atoms in total. The lowest BCUT2D eigenvalue weighted by atomic mass is 10.1. The maximum absolute atomic E-state index is 11.7. The number of carbonyl (C=O) groups excluding carboxylic acids is 1. The van der Waals surface area contributed by atoms with Crippen molar-refractivity contribution in [3.63, 3.8) is 0 Å². The molecule has 0 fully saturated rings. The van der Waals surface area contributed by atoms with Crippen LogP contribution in [0.2, 0.25) is 0 Å². The minimum atomic E-state index is -5.00. The van der Waals surface area contributed by atoms with Gasteiger partial charge in [0.1, 0.15) is 0 Å². The summed E-state index contributed by atoms with van der Waals surface area (Å²) in [6.45, 7) is 1.85. The highest BCUT2D eigenvalue weighted by Gasteiger charge is 2.41. The van der Waals surface area contributed by atoms with E-state index in [0.717, 1.165) is 0 Å². The minimum absolute atomic E-state index is 0.122. The van der Waals surface area contributed by atoms with Gasteiger partial charge in [0.05, 0.1) is 0 Å². The van der Waals surface area contributed by atoms with Crippen molar-refractivity contribution in [2.75, 3.05) is 0 Å². The van der Waals surface area contributed by atoms with E-state index in [9.17, 15) is 18.0 Å². The molecule has 0 bridgehead atoms. The van der Waals surface area contributed by atoms with Crippen LogP contribution in [0.15, 0.2) is 0 Å². The van der Waals surface area contributed by atoms with E-state index in [-0.39, 0.29) is 12.5 Å². The van der Waals surface area contributed by atoms with E-state index >= 15 is 0 Å². The van der Waals surface area contributed by atoms with E-state index in [1.54, 1.807) is 0 Å². The van der Waals surface area contributed by atoms with Crippen molar-refractivity contribution in [2.24, 2.45) is 11.5 Å². The Balaban J connectivity index is 3.84. The quantitative estimate of drug-likeness (QED) is 0.541. The summed E-state index contributed by atoms with van der Waals surface area (Å²) in [5.74, 6) is -2.26. The normalized spacial score (nSPS) is 15.9. The number of esters is 1. The molecule has 0 saturated heterocycles. The summed E-state index contributed by atoms with van der Waals surface area (Å²) in [5.41, 5.74) is 10.7. The Morgan fingerprint density at radius 3 is 2.27 bits per heavy atom. The molecular weight excluding hydrogens is 213 g/mol.